The summed E-state index contributed by atoms with van der Waals surface area (Å²) < 4.78 is 0.734. The molecule has 0 saturated heterocycles. The average molecular weight is 352 g/mol. The largest absolute Gasteiger partial charge is 0.480 e. The van der Waals surface area contributed by atoms with E-state index in [0.717, 1.165) is 17.3 Å². The monoisotopic (exact) mass is 351 g/mol. The summed E-state index contributed by atoms with van der Waals surface area (Å²) in [5, 5.41) is 20.6. The summed E-state index contributed by atoms with van der Waals surface area (Å²) in [7, 11) is 0. The van der Waals surface area contributed by atoms with E-state index < -0.39 is 12.0 Å². The molecule has 7 heteroatoms. The zero-order valence-corrected chi connectivity index (χ0v) is 12.8. The molecule has 0 spiro atoms. The summed E-state index contributed by atoms with van der Waals surface area (Å²) in [5.41, 5.74) is 0.691. The van der Waals surface area contributed by atoms with Crippen LogP contribution in [-0.2, 0) is 4.79 Å². The van der Waals surface area contributed by atoms with Crippen molar-refractivity contribution < 1.29 is 14.7 Å². The Morgan fingerprint density at radius 2 is 2.19 bits per heavy atom. The van der Waals surface area contributed by atoms with E-state index in [4.69, 9.17) is 10.4 Å². The zero-order valence-electron chi connectivity index (χ0n) is 11.2. The van der Waals surface area contributed by atoms with E-state index in [0.29, 0.717) is 23.7 Å². The number of aliphatic carboxylic acids is 1. The Balaban J connectivity index is 2.10. The summed E-state index contributed by atoms with van der Waals surface area (Å²) in [5.74, 6) is -0.669. The highest BCUT2D eigenvalue weighted by molar-refractivity contribution is 9.10. The number of halogens is 1. The summed E-state index contributed by atoms with van der Waals surface area (Å²) >= 11 is 3.25. The molecule has 1 saturated carbocycles. The van der Waals surface area contributed by atoms with Crippen molar-refractivity contribution in [2.75, 3.05) is 18.4 Å². The van der Waals surface area contributed by atoms with Gasteiger partial charge < -0.3 is 15.3 Å². The topological polar surface area (TPSA) is 93.4 Å². The van der Waals surface area contributed by atoms with Gasteiger partial charge in [-0.2, -0.15) is 5.26 Å². The van der Waals surface area contributed by atoms with E-state index in [1.165, 1.54) is 4.90 Å². The van der Waals surface area contributed by atoms with E-state index in [1.54, 1.807) is 18.2 Å². The Bertz CT molecular complexity index is 608. The van der Waals surface area contributed by atoms with Crippen LogP contribution < -0.4 is 5.32 Å². The number of anilines is 1. The molecule has 0 radical (unpaired) electrons. The van der Waals surface area contributed by atoms with E-state index in [1.807, 2.05) is 6.07 Å². The maximum absolute atomic E-state index is 12.2. The first-order valence-corrected chi connectivity index (χ1v) is 7.26. The van der Waals surface area contributed by atoms with Gasteiger partial charge in [-0.15, -0.1) is 0 Å². The number of carboxylic acid groups (broad SMARTS) is 1. The van der Waals surface area contributed by atoms with Crippen LogP contribution in [0.1, 0.15) is 18.4 Å². The van der Waals surface area contributed by atoms with Crippen molar-refractivity contribution in [1.82, 2.24) is 4.90 Å². The Kier molecular flexibility index (Phi) is 4.81. The lowest BCUT2D eigenvalue weighted by Gasteiger charge is -2.21. The summed E-state index contributed by atoms with van der Waals surface area (Å²) in [6.45, 7) is 0.0807. The number of urea groups is 1. The zero-order chi connectivity index (χ0) is 15.4. The van der Waals surface area contributed by atoms with E-state index in [9.17, 15) is 9.59 Å². The van der Waals surface area contributed by atoms with Gasteiger partial charge in [0.15, 0.2) is 0 Å². The Morgan fingerprint density at radius 1 is 1.48 bits per heavy atom. The molecule has 0 aliphatic heterocycles. The molecule has 0 heterocycles. The first-order chi connectivity index (χ1) is 9.99. The molecule has 1 aliphatic rings. The number of nitriles is 1. The molecule has 1 aromatic rings. The number of carboxylic acids is 1. The summed E-state index contributed by atoms with van der Waals surface area (Å²) in [6.07, 6.45) is 2.04. The number of benzene rings is 1. The first-order valence-electron chi connectivity index (χ1n) is 6.47. The molecule has 1 aromatic carbocycles. The fourth-order valence-electron chi connectivity index (χ4n) is 1.91. The average Bonchev–Trinajstić information content (AvgIpc) is 3.23. The predicted molar refractivity (Wildman–Crippen MR) is 79.8 cm³/mol. The van der Waals surface area contributed by atoms with Crippen LogP contribution in [0, 0.1) is 17.2 Å². The van der Waals surface area contributed by atoms with Gasteiger partial charge in [-0.3, -0.25) is 4.79 Å². The molecule has 0 unspecified atom stereocenters. The molecule has 110 valence electrons. The van der Waals surface area contributed by atoms with Crippen LogP contribution >= 0.6 is 15.9 Å². The lowest BCUT2D eigenvalue weighted by molar-refractivity contribution is -0.137. The van der Waals surface area contributed by atoms with Gasteiger partial charge >= 0.3 is 12.0 Å². The number of rotatable bonds is 5. The van der Waals surface area contributed by atoms with Gasteiger partial charge in [-0.1, -0.05) is 15.9 Å². The molecular formula is C14H14BrN3O3. The second-order valence-electron chi connectivity index (χ2n) is 4.95. The van der Waals surface area contributed by atoms with Crippen molar-refractivity contribution in [3.8, 4) is 6.07 Å². The molecule has 2 amide bonds. The van der Waals surface area contributed by atoms with Crippen LogP contribution in [-0.4, -0.2) is 35.1 Å². The van der Waals surface area contributed by atoms with Gasteiger partial charge in [-0.05, 0) is 37.0 Å². The Labute approximate surface area is 130 Å². The van der Waals surface area contributed by atoms with Crippen LogP contribution in [0.2, 0.25) is 0 Å². The minimum Gasteiger partial charge on any atom is -0.480 e. The fraction of sp³-hybridized carbons (Fsp3) is 0.357. The van der Waals surface area contributed by atoms with E-state index in [2.05, 4.69) is 21.2 Å². The van der Waals surface area contributed by atoms with Crippen molar-refractivity contribution >= 4 is 33.6 Å². The van der Waals surface area contributed by atoms with Crippen molar-refractivity contribution in [3.63, 3.8) is 0 Å². The highest BCUT2D eigenvalue weighted by Gasteiger charge is 2.28. The lowest BCUT2D eigenvalue weighted by Crippen LogP contribution is -2.40. The van der Waals surface area contributed by atoms with Crippen LogP contribution in [0.4, 0.5) is 10.5 Å². The number of amides is 2. The maximum Gasteiger partial charge on any atom is 0.323 e. The van der Waals surface area contributed by atoms with Crippen LogP contribution in [0.25, 0.3) is 0 Å². The van der Waals surface area contributed by atoms with Crippen molar-refractivity contribution in [1.29, 1.82) is 5.26 Å². The SMILES string of the molecule is N#Cc1cc(Br)ccc1NC(=O)N(CC(=O)O)CC1CC1. The third-order valence-corrected chi connectivity index (χ3v) is 3.63. The summed E-state index contributed by atoms with van der Waals surface area (Å²) in [6, 6.07) is 6.41. The van der Waals surface area contributed by atoms with Gasteiger partial charge in [0.05, 0.1) is 11.3 Å². The minimum atomic E-state index is -1.05. The van der Waals surface area contributed by atoms with Crippen molar-refractivity contribution in [2.45, 2.75) is 12.8 Å². The molecule has 2 N–H and O–H groups in total. The molecule has 0 bridgehead atoms. The second kappa shape index (κ2) is 6.59. The molecule has 0 atom stereocenters. The Hall–Kier alpha value is -2.07. The first kappa shape index (κ1) is 15.3. The number of hydrogen-bond acceptors (Lipinski definition) is 3. The third-order valence-electron chi connectivity index (χ3n) is 3.13. The molecule has 0 aromatic heterocycles. The van der Waals surface area contributed by atoms with Crippen molar-refractivity contribution in [3.05, 3.63) is 28.2 Å². The fourth-order valence-corrected chi connectivity index (χ4v) is 2.27. The molecule has 6 nitrogen and oxygen atoms in total. The normalized spacial score (nSPS) is 13.3. The third kappa shape index (κ3) is 4.46. The van der Waals surface area contributed by atoms with Crippen molar-refractivity contribution in [2.24, 2.45) is 5.92 Å². The minimum absolute atomic E-state index is 0.319. The number of carbonyl (C=O) groups excluding carboxylic acids is 1. The number of nitrogens with zero attached hydrogens (tertiary/aromatic N) is 2. The Morgan fingerprint density at radius 3 is 2.76 bits per heavy atom. The number of hydrogen-bond donors (Lipinski definition) is 2. The van der Waals surface area contributed by atoms with Gasteiger partial charge in [0.25, 0.3) is 0 Å². The van der Waals surface area contributed by atoms with E-state index in [-0.39, 0.29) is 6.54 Å². The molecule has 1 fully saturated rings. The van der Waals surface area contributed by atoms with Crippen LogP contribution in [0.15, 0.2) is 22.7 Å². The molecule has 2 rings (SSSR count). The molecule has 21 heavy (non-hydrogen) atoms. The maximum atomic E-state index is 12.2. The highest BCUT2D eigenvalue weighted by Crippen LogP contribution is 2.30. The quantitative estimate of drug-likeness (QED) is 0.852. The van der Waals surface area contributed by atoms with Gasteiger partial charge in [0.1, 0.15) is 12.6 Å². The number of nitrogens with one attached hydrogen (secondary N) is 1. The highest BCUT2D eigenvalue weighted by atomic mass is 79.9. The second-order valence-corrected chi connectivity index (χ2v) is 5.87. The summed E-state index contributed by atoms with van der Waals surface area (Å²) in [4.78, 5) is 24.3. The molecule has 1 aliphatic carbocycles. The van der Waals surface area contributed by atoms with Crippen LogP contribution in [0.5, 0.6) is 0 Å². The van der Waals surface area contributed by atoms with Gasteiger partial charge in [0, 0.05) is 11.0 Å². The van der Waals surface area contributed by atoms with Crippen LogP contribution in [0.3, 0.4) is 0 Å². The van der Waals surface area contributed by atoms with Gasteiger partial charge in [0.2, 0.25) is 0 Å². The smallest absolute Gasteiger partial charge is 0.323 e. The van der Waals surface area contributed by atoms with Gasteiger partial charge in [-0.25, -0.2) is 4.79 Å². The van der Waals surface area contributed by atoms with E-state index >= 15 is 0 Å². The lowest BCUT2D eigenvalue weighted by atomic mass is 10.2. The molecular weight excluding hydrogens is 338 g/mol. The number of carbonyl (C=O) groups is 2. The standard InChI is InChI=1S/C14H14BrN3O3/c15-11-3-4-12(10(5-11)6-16)17-14(21)18(8-13(19)20)7-9-1-2-9/h3-5,9H,1-2,7-8H2,(H,17,21)(H,19,20). The predicted octanol–water partition coefficient (Wildman–Crippen LogP) is 2.65.